The van der Waals surface area contributed by atoms with E-state index in [-0.39, 0.29) is 12.5 Å². The first-order valence-corrected chi connectivity index (χ1v) is 7.38. The molecule has 0 bridgehead atoms. The summed E-state index contributed by atoms with van der Waals surface area (Å²) < 4.78 is 5.52. The molecule has 0 radical (unpaired) electrons. The first-order chi connectivity index (χ1) is 9.31. The Kier molecular flexibility index (Phi) is 5.52. The van der Waals surface area contributed by atoms with Gasteiger partial charge in [0.05, 0.1) is 0 Å². The van der Waals surface area contributed by atoms with E-state index in [4.69, 9.17) is 16.3 Å². The maximum absolute atomic E-state index is 12.2. The average molecular weight is 282 g/mol. The van der Waals surface area contributed by atoms with E-state index in [1.165, 1.54) is 12.8 Å². The van der Waals surface area contributed by atoms with Gasteiger partial charge in [0.2, 0.25) is 0 Å². The molecule has 1 aliphatic rings. The first-order valence-electron chi connectivity index (χ1n) is 6.84. The Bertz CT molecular complexity index is 390. The van der Waals surface area contributed by atoms with Gasteiger partial charge in [0.1, 0.15) is 5.75 Å². The van der Waals surface area contributed by atoms with Crippen molar-refractivity contribution in [3.05, 3.63) is 30.3 Å². The Hall–Kier alpha value is -1.22. The number of nitrogens with zero attached hydrogens (tertiary/aromatic N) is 1. The maximum atomic E-state index is 12.2. The molecule has 104 valence electrons. The van der Waals surface area contributed by atoms with Crippen molar-refractivity contribution in [3.63, 3.8) is 0 Å². The quantitative estimate of drug-likeness (QED) is 0.750. The minimum atomic E-state index is 0.0383. The van der Waals surface area contributed by atoms with E-state index in [2.05, 4.69) is 0 Å². The van der Waals surface area contributed by atoms with E-state index in [1.807, 2.05) is 35.2 Å². The summed E-state index contributed by atoms with van der Waals surface area (Å²) in [7, 11) is 0. The fraction of sp³-hybridized carbons (Fsp3) is 0.533. The molecule has 1 saturated carbocycles. The van der Waals surface area contributed by atoms with Crippen molar-refractivity contribution in [3.8, 4) is 5.75 Å². The van der Waals surface area contributed by atoms with Crippen LogP contribution in [0, 0.1) is 0 Å². The molecule has 0 unspecified atom stereocenters. The third-order valence-corrected chi connectivity index (χ3v) is 3.69. The SMILES string of the molecule is O=C(COc1ccccc1)N(CCCl)C1CCCC1. The summed E-state index contributed by atoms with van der Waals surface area (Å²) in [4.78, 5) is 14.1. The zero-order valence-corrected chi connectivity index (χ0v) is 11.8. The number of carbonyl (C=O) groups is 1. The van der Waals surface area contributed by atoms with Gasteiger partial charge < -0.3 is 9.64 Å². The summed E-state index contributed by atoms with van der Waals surface area (Å²) in [5.41, 5.74) is 0. The van der Waals surface area contributed by atoms with Gasteiger partial charge in [0, 0.05) is 18.5 Å². The van der Waals surface area contributed by atoms with Crippen LogP contribution >= 0.6 is 11.6 Å². The molecule has 1 amide bonds. The van der Waals surface area contributed by atoms with Gasteiger partial charge in [-0.15, -0.1) is 11.6 Å². The van der Waals surface area contributed by atoms with Crippen LogP contribution in [0.2, 0.25) is 0 Å². The topological polar surface area (TPSA) is 29.5 Å². The summed E-state index contributed by atoms with van der Waals surface area (Å²) in [5, 5.41) is 0. The van der Waals surface area contributed by atoms with Gasteiger partial charge in [-0.2, -0.15) is 0 Å². The lowest BCUT2D eigenvalue weighted by Crippen LogP contribution is -2.42. The molecule has 2 rings (SSSR count). The van der Waals surface area contributed by atoms with Crippen LogP contribution in [0.1, 0.15) is 25.7 Å². The monoisotopic (exact) mass is 281 g/mol. The van der Waals surface area contributed by atoms with Gasteiger partial charge in [-0.25, -0.2) is 0 Å². The summed E-state index contributed by atoms with van der Waals surface area (Å²) in [6.45, 7) is 0.709. The highest BCUT2D eigenvalue weighted by molar-refractivity contribution is 6.18. The third kappa shape index (κ3) is 4.13. The number of amides is 1. The van der Waals surface area contributed by atoms with Gasteiger partial charge in [0.15, 0.2) is 6.61 Å². The largest absolute Gasteiger partial charge is 0.484 e. The molecule has 1 aliphatic carbocycles. The molecule has 1 aromatic rings. The number of rotatable bonds is 6. The number of ether oxygens (including phenoxy) is 1. The number of hydrogen-bond donors (Lipinski definition) is 0. The molecule has 0 aromatic heterocycles. The summed E-state index contributed by atoms with van der Waals surface area (Å²) >= 11 is 5.80. The standard InChI is InChI=1S/C15H20ClNO2/c16-10-11-17(13-6-4-5-7-13)15(18)12-19-14-8-2-1-3-9-14/h1-3,8-9,13H,4-7,10-12H2. The number of hydrogen-bond acceptors (Lipinski definition) is 2. The molecule has 4 heteroatoms. The van der Waals surface area contributed by atoms with Crippen LogP contribution in [0.15, 0.2) is 30.3 Å². The van der Waals surface area contributed by atoms with Crippen molar-refractivity contribution in [2.45, 2.75) is 31.7 Å². The Morgan fingerprint density at radius 1 is 1.26 bits per heavy atom. The van der Waals surface area contributed by atoms with Gasteiger partial charge >= 0.3 is 0 Å². The van der Waals surface area contributed by atoms with Crippen molar-refractivity contribution >= 4 is 17.5 Å². The van der Waals surface area contributed by atoms with Crippen molar-refractivity contribution in [2.75, 3.05) is 19.0 Å². The van der Waals surface area contributed by atoms with Crippen LogP contribution in [0.3, 0.4) is 0 Å². The second kappa shape index (κ2) is 7.39. The second-order valence-corrected chi connectivity index (χ2v) is 5.19. The van der Waals surface area contributed by atoms with Crippen molar-refractivity contribution in [1.82, 2.24) is 4.90 Å². The third-order valence-electron chi connectivity index (χ3n) is 3.52. The molecule has 0 aliphatic heterocycles. The van der Waals surface area contributed by atoms with E-state index in [1.54, 1.807) is 0 Å². The average Bonchev–Trinajstić information content (AvgIpc) is 2.97. The molecule has 0 spiro atoms. The lowest BCUT2D eigenvalue weighted by Gasteiger charge is -2.28. The van der Waals surface area contributed by atoms with Crippen molar-refractivity contribution in [2.24, 2.45) is 0 Å². The van der Waals surface area contributed by atoms with Gasteiger partial charge in [-0.3, -0.25) is 4.79 Å². The molecule has 0 saturated heterocycles. The molecule has 0 N–H and O–H groups in total. The van der Waals surface area contributed by atoms with E-state index in [0.29, 0.717) is 18.5 Å². The summed E-state index contributed by atoms with van der Waals surface area (Å²) in [6.07, 6.45) is 4.59. The first kappa shape index (κ1) is 14.2. The lowest BCUT2D eigenvalue weighted by atomic mass is 10.2. The summed E-state index contributed by atoms with van der Waals surface area (Å²) in [6, 6.07) is 9.78. The summed E-state index contributed by atoms with van der Waals surface area (Å²) in [5.74, 6) is 1.25. The highest BCUT2D eigenvalue weighted by Crippen LogP contribution is 2.23. The molecular formula is C15H20ClNO2. The maximum Gasteiger partial charge on any atom is 0.260 e. The highest BCUT2D eigenvalue weighted by Gasteiger charge is 2.26. The highest BCUT2D eigenvalue weighted by atomic mass is 35.5. The number of halogens is 1. The fourth-order valence-corrected chi connectivity index (χ4v) is 2.74. The normalized spacial score (nSPS) is 15.4. The van der Waals surface area contributed by atoms with Crippen LogP contribution < -0.4 is 4.74 Å². The van der Waals surface area contributed by atoms with Crippen LogP contribution in [-0.4, -0.2) is 35.9 Å². The minimum Gasteiger partial charge on any atom is -0.484 e. The Balaban J connectivity index is 1.88. The molecule has 3 nitrogen and oxygen atoms in total. The van der Waals surface area contributed by atoms with Crippen LogP contribution in [0.5, 0.6) is 5.75 Å². The van der Waals surface area contributed by atoms with E-state index >= 15 is 0 Å². The van der Waals surface area contributed by atoms with E-state index in [0.717, 1.165) is 18.6 Å². The number of para-hydroxylation sites is 1. The fourth-order valence-electron chi connectivity index (χ4n) is 2.56. The van der Waals surface area contributed by atoms with Gasteiger partial charge in [0.25, 0.3) is 5.91 Å². The molecule has 0 atom stereocenters. The molecular weight excluding hydrogens is 262 g/mol. The van der Waals surface area contributed by atoms with E-state index in [9.17, 15) is 4.79 Å². The Morgan fingerprint density at radius 2 is 1.95 bits per heavy atom. The number of carbonyl (C=O) groups excluding carboxylic acids is 1. The van der Waals surface area contributed by atoms with Crippen LogP contribution in [0.4, 0.5) is 0 Å². The Morgan fingerprint density at radius 3 is 2.58 bits per heavy atom. The van der Waals surface area contributed by atoms with Gasteiger partial charge in [-0.05, 0) is 25.0 Å². The molecule has 0 heterocycles. The smallest absolute Gasteiger partial charge is 0.260 e. The Labute approximate surface area is 119 Å². The number of benzene rings is 1. The minimum absolute atomic E-state index is 0.0383. The second-order valence-electron chi connectivity index (χ2n) is 4.82. The zero-order chi connectivity index (χ0) is 13.5. The number of alkyl halides is 1. The molecule has 1 fully saturated rings. The van der Waals surface area contributed by atoms with Gasteiger partial charge in [-0.1, -0.05) is 31.0 Å². The van der Waals surface area contributed by atoms with Crippen LogP contribution in [-0.2, 0) is 4.79 Å². The van der Waals surface area contributed by atoms with E-state index < -0.39 is 0 Å². The molecule has 19 heavy (non-hydrogen) atoms. The van der Waals surface area contributed by atoms with Crippen LogP contribution in [0.25, 0.3) is 0 Å². The van der Waals surface area contributed by atoms with Crippen molar-refractivity contribution in [1.29, 1.82) is 0 Å². The lowest BCUT2D eigenvalue weighted by molar-refractivity contribution is -0.135. The van der Waals surface area contributed by atoms with Crippen molar-refractivity contribution < 1.29 is 9.53 Å². The molecule has 1 aromatic carbocycles. The zero-order valence-electron chi connectivity index (χ0n) is 11.1. The predicted octanol–water partition coefficient (Wildman–Crippen LogP) is 3.08. The predicted molar refractivity (Wildman–Crippen MR) is 76.6 cm³/mol.